The Kier molecular flexibility index (Phi) is 3.10. The van der Waals surface area contributed by atoms with Gasteiger partial charge < -0.3 is 9.47 Å². The number of ether oxygens (including phenoxy) is 2. The SMILES string of the molecule is CC(=O)C/C=C1/COC2(CCCCC2)O1. The minimum absolute atomic E-state index is 0.163. The summed E-state index contributed by atoms with van der Waals surface area (Å²) in [6.07, 6.45) is 7.93. The van der Waals surface area contributed by atoms with Crippen LogP contribution in [0.25, 0.3) is 0 Å². The summed E-state index contributed by atoms with van der Waals surface area (Å²) in [6, 6.07) is 0. The number of hydrogen-bond donors (Lipinski definition) is 0. The maximum Gasteiger partial charge on any atom is 0.210 e. The van der Waals surface area contributed by atoms with Gasteiger partial charge in [-0.1, -0.05) is 6.42 Å². The van der Waals surface area contributed by atoms with Gasteiger partial charge in [0.15, 0.2) is 0 Å². The van der Waals surface area contributed by atoms with Crippen LogP contribution in [0, 0.1) is 0 Å². The van der Waals surface area contributed by atoms with Gasteiger partial charge in [0.05, 0.1) is 0 Å². The molecule has 1 aliphatic heterocycles. The summed E-state index contributed by atoms with van der Waals surface area (Å²) >= 11 is 0. The quantitative estimate of drug-likeness (QED) is 0.702. The normalized spacial score (nSPS) is 26.9. The van der Waals surface area contributed by atoms with Crippen LogP contribution in [0.1, 0.15) is 45.4 Å². The van der Waals surface area contributed by atoms with E-state index in [1.807, 2.05) is 6.08 Å². The Hall–Kier alpha value is -0.830. The summed E-state index contributed by atoms with van der Waals surface area (Å²) in [5.74, 6) is 0.656. The molecule has 0 aromatic carbocycles. The molecule has 0 radical (unpaired) electrons. The van der Waals surface area contributed by atoms with Crippen LogP contribution in [0.2, 0.25) is 0 Å². The molecule has 2 fully saturated rings. The molecular formula is C12H18O3. The number of carbonyl (C=O) groups excluding carboxylic acids is 1. The second-order valence-corrected chi connectivity index (χ2v) is 4.44. The number of hydrogen-bond acceptors (Lipinski definition) is 3. The van der Waals surface area contributed by atoms with Crippen molar-refractivity contribution in [3.05, 3.63) is 11.8 Å². The molecule has 3 heteroatoms. The van der Waals surface area contributed by atoms with Crippen LogP contribution in [0.15, 0.2) is 11.8 Å². The summed E-state index contributed by atoms with van der Waals surface area (Å²) in [7, 11) is 0. The van der Waals surface area contributed by atoms with E-state index in [1.165, 1.54) is 19.3 Å². The summed E-state index contributed by atoms with van der Waals surface area (Å²) in [5, 5.41) is 0. The highest BCUT2D eigenvalue weighted by Gasteiger charge is 2.40. The van der Waals surface area contributed by atoms with Gasteiger partial charge in [-0.3, -0.25) is 4.79 Å². The van der Waals surface area contributed by atoms with E-state index >= 15 is 0 Å². The average Bonchev–Trinajstić information content (AvgIpc) is 2.60. The van der Waals surface area contributed by atoms with Crippen LogP contribution in [0.5, 0.6) is 0 Å². The zero-order valence-electron chi connectivity index (χ0n) is 9.25. The average molecular weight is 210 g/mol. The van der Waals surface area contributed by atoms with E-state index in [1.54, 1.807) is 6.92 Å². The third-order valence-corrected chi connectivity index (χ3v) is 3.03. The highest BCUT2D eigenvalue weighted by molar-refractivity contribution is 5.77. The van der Waals surface area contributed by atoms with Crippen molar-refractivity contribution in [2.24, 2.45) is 0 Å². The third kappa shape index (κ3) is 2.59. The molecule has 0 unspecified atom stereocenters. The molecule has 1 saturated carbocycles. The molecule has 15 heavy (non-hydrogen) atoms. The van der Waals surface area contributed by atoms with Gasteiger partial charge in [0.25, 0.3) is 0 Å². The summed E-state index contributed by atoms with van der Waals surface area (Å²) < 4.78 is 11.6. The first-order valence-electron chi connectivity index (χ1n) is 5.72. The van der Waals surface area contributed by atoms with Crippen LogP contribution in [-0.4, -0.2) is 18.2 Å². The fourth-order valence-corrected chi connectivity index (χ4v) is 2.20. The van der Waals surface area contributed by atoms with E-state index in [0.717, 1.165) is 18.6 Å². The summed E-state index contributed by atoms with van der Waals surface area (Å²) in [6.45, 7) is 2.12. The van der Waals surface area contributed by atoms with Crippen molar-refractivity contribution < 1.29 is 14.3 Å². The van der Waals surface area contributed by atoms with Crippen molar-refractivity contribution in [3.63, 3.8) is 0 Å². The van der Waals surface area contributed by atoms with Crippen molar-refractivity contribution in [3.8, 4) is 0 Å². The number of ketones is 1. The molecule has 0 N–H and O–H groups in total. The van der Waals surface area contributed by atoms with Crippen molar-refractivity contribution in [2.75, 3.05) is 6.61 Å². The minimum Gasteiger partial charge on any atom is -0.465 e. The summed E-state index contributed by atoms with van der Waals surface area (Å²) in [4.78, 5) is 10.8. The molecule has 2 aliphatic rings. The zero-order valence-corrected chi connectivity index (χ0v) is 9.25. The number of rotatable bonds is 2. The van der Waals surface area contributed by atoms with Crippen LogP contribution in [0.3, 0.4) is 0 Å². The maximum absolute atomic E-state index is 10.8. The first-order valence-corrected chi connectivity index (χ1v) is 5.72. The van der Waals surface area contributed by atoms with Gasteiger partial charge in [0.1, 0.15) is 18.1 Å². The smallest absolute Gasteiger partial charge is 0.210 e. The molecule has 3 nitrogen and oxygen atoms in total. The standard InChI is InChI=1S/C12H18O3/c1-10(13)5-6-11-9-14-12(15-11)7-3-2-4-8-12/h6H,2-5,7-9H2,1H3/b11-6-. The fraction of sp³-hybridized carbons (Fsp3) is 0.750. The molecule has 0 bridgehead atoms. The Morgan fingerprint density at radius 1 is 1.40 bits per heavy atom. The molecule has 0 amide bonds. The molecule has 1 saturated heterocycles. The molecule has 2 rings (SSSR count). The van der Waals surface area contributed by atoms with E-state index in [2.05, 4.69) is 0 Å². The lowest BCUT2D eigenvalue weighted by molar-refractivity contribution is -0.168. The lowest BCUT2D eigenvalue weighted by Crippen LogP contribution is -2.32. The Bertz CT molecular complexity index is 275. The Morgan fingerprint density at radius 3 is 2.80 bits per heavy atom. The first-order chi connectivity index (χ1) is 7.20. The van der Waals surface area contributed by atoms with Gasteiger partial charge in [0, 0.05) is 19.3 Å². The van der Waals surface area contributed by atoms with Gasteiger partial charge in [0.2, 0.25) is 5.79 Å². The van der Waals surface area contributed by atoms with Crippen molar-refractivity contribution >= 4 is 5.78 Å². The summed E-state index contributed by atoms with van der Waals surface area (Å²) in [5.41, 5.74) is 0. The first kappa shape index (κ1) is 10.7. The maximum atomic E-state index is 10.8. The molecule has 1 spiro atoms. The van der Waals surface area contributed by atoms with Gasteiger partial charge in [-0.25, -0.2) is 0 Å². The van der Waals surface area contributed by atoms with Crippen molar-refractivity contribution in [2.45, 2.75) is 51.2 Å². The van der Waals surface area contributed by atoms with Gasteiger partial charge in [-0.2, -0.15) is 0 Å². The zero-order chi connectivity index (χ0) is 10.7. The van der Waals surface area contributed by atoms with E-state index in [-0.39, 0.29) is 11.6 Å². The molecule has 0 aromatic rings. The predicted octanol–water partition coefficient (Wildman–Crippen LogP) is 2.56. The van der Waals surface area contributed by atoms with Crippen LogP contribution in [0.4, 0.5) is 0 Å². The van der Waals surface area contributed by atoms with Crippen LogP contribution >= 0.6 is 0 Å². The number of Topliss-reactive ketones (excluding diaryl/α,β-unsaturated/α-hetero) is 1. The second kappa shape index (κ2) is 4.35. The lowest BCUT2D eigenvalue weighted by atomic mass is 9.94. The number of allylic oxidation sites excluding steroid dienone is 1. The lowest BCUT2D eigenvalue weighted by Gasteiger charge is -2.30. The van der Waals surface area contributed by atoms with E-state index in [9.17, 15) is 4.79 Å². The molecule has 0 aromatic heterocycles. The van der Waals surface area contributed by atoms with Crippen LogP contribution in [-0.2, 0) is 14.3 Å². The van der Waals surface area contributed by atoms with Crippen molar-refractivity contribution in [1.82, 2.24) is 0 Å². The fourth-order valence-electron chi connectivity index (χ4n) is 2.20. The molecular weight excluding hydrogens is 192 g/mol. The highest BCUT2D eigenvalue weighted by atomic mass is 16.7. The largest absolute Gasteiger partial charge is 0.465 e. The topological polar surface area (TPSA) is 35.5 Å². The Labute approximate surface area is 90.4 Å². The Balaban J connectivity index is 1.93. The van der Waals surface area contributed by atoms with Gasteiger partial charge >= 0.3 is 0 Å². The van der Waals surface area contributed by atoms with Gasteiger partial charge in [-0.05, 0) is 25.8 Å². The molecule has 0 atom stereocenters. The van der Waals surface area contributed by atoms with E-state index < -0.39 is 0 Å². The molecule has 1 aliphatic carbocycles. The number of carbonyl (C=O) groups is 1. The second-order valence-electron chi connectivity index (χ2n) is 4.44. The van der Waals surface area contributed by atoms with Crippen LogP contribution < -0.4 is 0 Å². The third-order valence-electron chi connectivity index (χ3n) is 3.03. The molecule has 1 heterocycles. The van der Waals surface area contributed by atoms with E-state index in [0.29, 0.717) is 13.0 Å². The molecule has 84 valence electrons. The Morgan fingerprint density at radius 2 is 2.13 bits per heavy atom. The monoisotopic (exact) mass is 210 g/mol. The van der Waals surface area contributed by atoms with E-state index in [4.69, 9.17) is 9.47 Å². The van der Waals surface area contributed by atoms with Crippen molar-refractivity contribution in [1.29, 1.82) is 0 Å². The predicted molar refractivity (Wildman–Crippen MR) is 56.2 cm³/mol. The highest BCUT2D eigenvalue weighted by Crippen LogP contribution is 2.38. The van der Waals surface area contributed by atoms with Gasteiger partial charge in [-0.15, -0.1) is 0 Å². The minimum atomic E-state index is -0.346.